The smallest absolute Gasteiger partial charge is 0.324 e. The Kier molecular flexibility index (Phi) is 1.90. The lowest BCUT2D eigenvalue weighted by molar-refractivity contribution is 0.256. The Labute approximate surface area is 58.0 Å². The molecule has 1 aromatic heterocycles. The standard InChI is InChI=1S/C6H6N2O2/c1-2-9-6-5(3-7)8-4-10-6/h4H,2H2,1H3. The molecule has 52 valence electrons. The van der Waals surface area contributed by atoms with E-state index in [1.165, 1.54) is 6.39 Å². The number of ether oxygens (including phenoxy) is 1. The van der Waals surface area contributed by atoms with Crippen molar-refractivity contribution in [2.24, 2.45) is 0 Å². The van der Waals surface area contributed by atoms with Crippen LogP contribution in [0.2, 0.25) is 0 Å². The summed E-state index contributed by atoms with van der Waals surface area (Å²) in [7, 11) is 0. The second-order valence-corrected chi connectivity index (χ2v) is 1.53. The van der Waals surface area contributed by atoms with Gasteiger partial charge in [0.1, 0.15) is 6.07 Å². The van der Waals surface area contributed by atoms with Gasteiger partial charge in [-0.15, -0.1) is 0 Å². The third-order valence-electron chi connectivity index (χ3n) is 0.916. The van der Waals surface area contributed by atoms with Crippen LogP contribution in [0.1, 0.15) is 12.6 Å². The predicted octanol–water partition coefficient (Wildman–Crippen LogP) is 0.945. The Morgan fingerprint density at radius 2 is 2.70 bits per heavy atom. The number of nitriles is 1. The Morgan fingerprint density at radius 3 is 3.30 bits per heavy atom. The van der Waals surface area contributed by atoms with Gasteiger partial charge in [-0.05, 0) is 6.92 Å². The summed E-state index contributed by atoms with van der Waals surface area (Å²) in [6, 6.07) is 1.83. The molecule has 4 nitrogen and oxygen atoms in total. The minimum absolute atomic E-state index is 0.196. The van der Waals surface area contributed by atoms with Crippen LogP contribution in [0, 0.1) is 11.3 Å². The van der Waals surface area contributed by atoms with Crippen LogP contribution < -0.4 is 4.74 Å². The van der Waals surface area contributed by atoms with Crippen LogP contribution in [0.3, 0.4) is 0 Å². The van der Waals surface area contributed by atoms with E-state index in [9.17, 15) is 0 Å². The summed E-state index contributed by atoms with van der Waals surface area (Å²) >= 11 is 0. The van der Waals surface area contributed by atoms with Gasteiger partial charge in [-0.25, -0.2) is 4.98 Å². The molecule has 0 atom stereocenters. The fraction of sp³-hybridized carbons (Fsp3) is 0.333. The minimum Gasteiger partial charge on any atom is -0.463 e. The van der Waals surface area contributed by atoms with Crippen LogP contribution in [0.15, 0.2) is 10.8 Å². The Balaban J connectivity index is 2.82. The van der Waals surface area contributed by atoms with Crippen LogP contribution in [0.25, 0.3) is 0 Å². The maximum Gasteiger partial charge on any atom is 0.324 e. The molecule has 0 spiro atoms. The minimum atomic E-state index is 0.196. The first-order chi connectivity index (χ1) is 4.88. The molecule has 0 aliphatic carbocycles. The molecule has 0 amide bonds. The van der Waals surface area contributed by atoms with E-state index in [1.807, 2.05) is 13.0 Å². The third kappa shape index (κ3) is 1.08. The Bertz CT molecular complexity index is 248. The number of hydrogen-bond acceptors (Lipinski definition) is 4. The van der Waals surface area contributed by atoms with E-state index in [4.69, 9.17) is 14.4 Å². The molecule has 0 aliphatic heterocycles. The molecule has 0 saturated carbocycles. The summed E-state index contributed by atoms with van der Waals surface area (Å²) in [4.78, 5) is 3.60. The second kappa shape index (κ2) is 2.87. The fourth-order valence-electron chi connectivity index (χ4n) is 0.543. The molecular formula is C6H6N2O2. The van der Waals surface area contributed by atoms with Crippen molar-refractivity contribution in [3.05, 3.63) is 12.1 Å². The van der Waals surface area contributed by atoms with Gasteiger partial charge < -0.3 is 9.15 Å². The van der Waals surface area contributed by atoms with Gasteiger partial charge in [-0.2, -0.15) is 5.26 Å². The molecule has 1 aromatic rings. The zero-order valence-electron chi connectivity index (χ0n) is 5.50. The van der Waals surface area contributed by atoms with E-state index in [-0.39, 0.29) is 11.6 Å². The van der Waals surface area contributed by atoms with Crippen molar-refractivity contribution < 1.29 is 9.15 Å². The average molecular weight is 138 g/mol. The maximum absolute atomic E-state index is 8.38. The molecule has 0 aliphatic rings. The summed E-state index contributed by atoms with van der Waals surface area (Å²) in [6.45, 7) is 2.29. The van der Waals surface area contributed by atoms with E-state index in [0.717, 1.165) is 0 Å². The third-order valence-corrected chi connectivity index (χ3v) is 0.916. The Morgan fingerprint density at radius 1 is 1.90 bits per heavy atom. The van der Waals surface area contributed by atoms with Crippen LogP contribution in [-0.4, -0.2) is 11.6 Å². The molecule has 0 N–H and O–H groups in total. The highest BCUT2D eigenvalue weighted by Gasteiger charge is 2.06. The van der Waals surface area contributed by atoms with Gasteiger partial charge in [0.15, 0.2) is 6.39 Å². The van der Waals surface area contributed by atoms with Crippen molar-refractivity contribution in [2.45, 2.75) is 6.92 Å². The number of nitrogens with zero attached hydrogens (tertiary/aromatic N) is 2. The molecule has 0 bridgehead atoms. The highest BCUT2D eigenvalue weighted by atomic mass is 16.6. The lowest BCUT2D eigenvalue weighted by Crippen LogP contribution is -1.91. The molecule has 1 heterocycles. The van der Waals surface area contributed by atoms with Crippen LogP contribution >= 0.6 is 0 Å². The van der Waals surface area contributed by atoms with Gasteiger partial charge in [0, 0.05) is 0 Å². The van der Waals surface area contributed by atoms with Gasteiger partial charge in [0.2, 0.25) is 5.69 Å². The van der Waals surface area contributed by atoms with Crippen molar-refractivity contribution in [1.82, 2.24) is 4.98 Å². The van der Waals surface area contributed by atoms with E-state index < -0.39 is 0 Å². The second-order valence-electron chi connectivity index (χ2n) is 1.53. The Hall–Kier alpha value is -1.50. The van der Waals surface area contributed by atoms with Gasteiger partial charge in [0.05, 0.1) is 6.61 Å². The zero-order chi connectivity index (χ0) is 7.40. The first kappa shape index (κ1) is 6.62. The molecule has 0 saturated heterocycles. The summed E-state index contributed by atoms with van der Waals surface area (Å²) in [5.41, 5.74) is 0.196. The topological polar surface area (TPSA) is 59.1 Å². The highest BCUT2D eigenvalue weighted by Crippen LogP contribution is 2.14. The first-order valence-electron chi connectivity index (χ1n) is 2.85. The SMILES string of the molecule is CCOc1ocnc1C#N. The van der Waals surface area contributed by atoms with Crippen LogP contribution in [-0.2, 0) is 0 Å². The lowest BCUT2D eigenvalue weighted by Gasteiger charge is -1.93. The molecule has 10 heavy (non-hydrogen) atoms. The number of aromatic nitrogens is 1. The predicted molar refractivity (Wildman–Crippen MR) is 32.4 cm³/mol. The first-order valence-corrected chi connectivity index (χ1v) is 2.85. The summed E-state index contributed by atoms with van der Waals surface area (Å²) < 4.78 is 9.66. The van der Waals surface area contributed by atoms with Gasteiger partial charge in [0.25, 0.3) is 0 Å². The van der Waals surface area contributed by atoms with Crippen molar-refractivity contribution in [3.8, 4) is 12.0 Å². The molecular weight excluding hydrogens is 132 g/mol. The van der Waals surface area contributed by atoms with Gasteiger partial charge in [-0.1, -0.05) is 0 Å². The van der Waals surface area contributed by atoms with E-state index >= 15 is 0 Å². The zero-order valence-corrected chi connectivity index (χ0v) is 5.50. The molecule has 1 rings (SSSR count). The summed E-state index contributed by atoms with van der Waals surface area (Å²) in [6.07, 6.45) is 1.18. The number of hydrogen-bond donors (Lipinski definition) is 0. The molecule has 0 fully saturated rings. The van der Waals surface area contributed by atoms with Crippen molar-refractivity contribution in [3.63, 3.8) is 0 Å². The molecule has 0 unspecified atom stereocenters. The quantitative estimate of drug-likeness (QED) is 0.610. The lowest BCUT2D eigenvalue weighted by atomic mass is 10.5. The number of rotatable bonds is 2. The largest absolute Gasteiger partial charge is 0.463 e. The fourth-order valence-corrected chi connectivity index (χ4v) is 0.543. The average Bonchev–Trinajstić information content (AvgIpc) is 2.36. The van der Waals surface area contributed by atoms with Crippen LogP contribution in [0.5, 0.6) is 5.95 Å². The van der Waals surface area contributed by atoms with Gasteiger partial charge >= 0.3 is 5.95 Å². The van der Waals surface area contributed by atoms with Crippen LogP contribution in [0.4, 0.5) is 0 Å². The normalized spacial score (nSPS) is 8.80. The van der Waals surface area contributed by atoms with E-state index in [1.54, 1.807) is 0 Å². The summed E-state index contributed by atoms with van der Waals surface area (Å²) in [5, 5.41) is 8.38. The monoisotopic (exact) mass is 138 g/mol. The van der Waals surface area contributed by atoms with E-state index in [0.29, 0.717) is 6.61 Å². The van der Waals surface area contributed by atoms with Crippen molar-refractivity contribution in [1.29, 1.82) is 5.26 Å². The highest BCUT2D eigenvalue weighted by molar-refractivity contribution is 5.27. The van der Waals surface area contributed by atoms with Crippen molar-refractivity contribution >= 4 is 0 Å². The van der Waals surface area contributed by atoms with Gasteiger partial charge in [-0.3, -0.25) is 0 Å². The molecule has 0 radical (unpaired) electrons. The van der Waals surface area contributed by atoms with Crippen molar-refractivity contribution in [2.75, 3.05) is 6.61 Å². The number of oxazole rings is 1. The van der Waals surface area contributed by atoms with E-state index in [2.05, 4.69) is 4.98 Å². The summed E-state index contributed by atoms with van der Waals surface area (Å²) in [5.74, 6) is 0.199. The maximum atomic E-state index is 8.38. The molecule has 0 aromatic carbocycles. The molecule has 4 heteroatoms.